The zero-order valence-electron chi connectivity index (χ0n) is 7.32. The van der Waals surface area contributed by atoms with Crippen LogP contribution in [0.2, 0.25) is 0 Å². The van der Waals surface area contributed by atoms with E-state index < -0.39 is 33.1 Å². The van der Waals surface area contributed by atoms with E-state index in [1.807, 2.05) is 0 Å². The van der Waals surface area contributed by atoms with Gasteiger partial charge in [-0.25, -0.2) is 13.8 Å². The van der Waals surface area contributed by atoms with Crippen LogP contribution in [-0.4, -0.2) is 4.98 Å². The van der Waals surface area contributed by atoms with Crippen LogP contribution >= 0.6 is 22.6 Å². The maximum absolute atomic E-state index is 12.3. The summed E-state index contributed by atoms with van der Waals surface area (Å²) in [6.07, 6.45) is -7.79. The molecule has 0 unspecified atom stereocenters. The molecule has 0 aromatic carbocycles. The van der Waals surface area contributed by atoms with Crippen LogP contribution in [0.15, 0.2) is 6.07 Å². The molecule has 0 atom stereocenters. The number of nitrogens with zero attached hydrogens (tertiary/aromatic N) is 2. The molecular formula is C8H2F5IN2. The van der Waals surface area contributed by atoms with Crippen LogP contribution in [0.1, 0.15) is 23.2 Å². The Morgan fingerprint density at radius 1 is 1.38 bits per heavy atom. The second-order valence-electron chi connectivity index (χ2n) is 2.67. The molecular weight excluding hydrogens is 346 g/mol. The highest BCUT2D eigenvalue weighted by atomic mass is 127. The molecule has 0 saturated heterocycles. The topological polar surface area (TPSA) is 36.7 Å². The number of hydrogen-bond donors (Lipinski definition) is 0. The van der Waals surface area contributed by atoms with E-state index in [1.165, 1.54) is 28.7 Å². The highest BCUT2D eigenvalue weighted by molar-refractivity contribution is 14.1. The number of hydrogen-bond acceptors (Lipinski definition) is 2. The molecule has 86 valence electrons. The SMILES string of the molecule is N#Cc1cc(C(F)F)c(I)nc1C(F)(F)F. The minimum Gasteiger partial charge on any atom is -0.235 e. The fourth-order valence-electron chi connectivity index (χ4n) is 0.961. The summed E-state index contributed by atoms with van der Waals surface area (Å²) in [5.74, 6) is 0. The predicted molar refractivity (Wildman–Crippen MR) is 51.6 cm³/mol. The lowest BCUT2D eigenvalue weighted by molar-refractivity contribution is -0.141. The van der Waals surface area contributed by atoms with Crippen LogP contribution in [0.25, 0.3) is 0 Å². The van der Waals surface area contributed by atoms with Crippen molar-refractivity contribution in [2.45, 2.75) is 12.6 Å². The second kappa shape index (κ2) is 4.48. The van der Waals surface area contributed by atoms with Gasteiger partial charge in [-0.3, -0.25) is 0 Å². The minimum atomic E-state index is -4.83. The summed E-state index contributed by atoms with van der Waals surface area (Å²) in [4.78, 5) is 3.00. The van der Waals surface area contributed by atoms with Crippen LogP contribution in [0.4, 0.5) is 22.0 Å². The molecule has 0 saturated carbocycles. The lowest BCUT2D eigenvalue weighted by Crippen LogP contribution is -2.13. The van der Waals surface area contributed by atoms with E-state index in [0.29, 0.717) is 6.07 Å². The van der Waals surface area contributed by atoms with Gasteiger partial charge in [0.15, 0.2) is 5.69 Å². The normalized spacial score (nSPS) is 11.6. The predicted octanol–water partition coefficient (Wildman–Crippen LogP) is 3.51. The van der Waals surface area contributed by atoms with Crippen LogP contribution in [0.3, 0.4) is 0 Å². The first-order valence-corrected chi connectivity index (χ1v) is 4.81. The number of nitriles is 1. The van der Waals surface area contributed by atoms with E-state index in [0.717, 1.165) is 0 Å². The smallest absolute Gasteiger partial charge is 0.235 e. The van der Waals surface area contributed by atoms with E-state index >= 15 is 0 Å². The van der Waals surface area contributed by atoms with Crippen LogP contribution < -0.4 is 0 Å². The number of halogens is 6. The Balaban J connectivity index is 3.46. The molecule has 8 heteroatoms. The Bertz CT molecular complexity index is 449. The molecule has 1 aromatic rings. The van der Waals surface area contributed by atoms with Crippen molar-refractivity contribution < 1.29 is 22.0 Å². The summed E-state index contributed by atoms with van der Waals surface area (Å²) in [5.41, 5.74) is -3.02. The summed E-state index contributed by atoms with van der Waals surface area (Å²) in [7, 11) is 0. The highest BCUT2D eigenvalue weighted by Gasteiger charge is 2.37. The maximum atomic E-state index is 12.3. The molecule has 0 aliphatic carbocycles. The van der Waals surface area contributed by atoms with Gasteiger partial charge in [-0.2, -0.15) is 18.4 Å². The molecule has 1 heterocycles. The van der Waals surface area contributed by atoms with Gasteiger partial charge in [-0.1, -0.05) is 0 Å². The summed E-state index contributed by atoms with van der Waals surface area (Å²) in [6.45, 7) is 0. The van der Waals surface area contributed by atoms with E-state index in [1.54, 1.807) is 0 Å². The lowest BCUT2D eigenvalue weighted by Gasteiger charge is -2.10. The summed E-state index contributed by atoms with van der Waals surface area (Å²) < 4.78 is 61.2. The average Bonchev–Trinajstić information content (AvgIpc) is 2.15. The molecule has 0 aliphatic heterocycles. The van der Waals surface area contributed by atoms with Gasteiger partial charge in [0.05, 0.1) is 11.1 Å². The van der Waals surface area contributed by atoms with Gasteiger partial charge in [0.25, 0.3) is 6.43 Å². The standard InChI is InChI=1S/C8H2F5IN2/c9-6(10)4-1-3(2-15)5(8(11,12)13)16-7(4)14/h1,6H. The first-order valence-electron chi connectivity index (χ1n) is 3.73. The monoisotopic (exact) mass is 348 g/mol. The van der Waals surface area contributed by atoms with Gasteiger partial charge in [0.1, 0.15) is 9.77 Å². The number of aromatic nitrogens is 1. The van der Waals surface area contributed by atoms with E-state index in [9.17, 15) is 22.0 Å². The Morgan fingerprint density at radius 3 is 2.31 bits per heavy atom. The van der Waals surface area contributed by atoms with Gasteiger partial charge >= 0.3 is 6.18 Å². The first-order chi connectivity index (χ1) is 7.27. The molecule has 0 radical (unpaired) electrons. The van der Waals surface area contributed by atoms with Gasteiger partial charge in [0.2, 0.25) is 0 Å². The Kier molecular flexibility index (Phi) is 3.67. The summed E-state index contributed by atoms with van der Waals surface area (Å²) in [5, 5.41) is 8.44. The molecule has 0 bridgehead atoms. The molecule has 1 rings (SSSR count). The Morgan fingerprint density at radius 2 is 1.94 bits per heavy atom. The number of alkyl halides is 5. The van der Waals surface area contributed by atoms with Crippen LogP contribution in [-0.2, 0) is 6.18 Å². The molecule has 16 heavy (non-hydrogen) atoms. The first kappa shape index (κ1) is 13.1. The largest absolute Gasteiger partial charge is 0.434 e. The molecule has 0 fully saturated rings. The van der Waals surface area contributed by atoms with Gasteiger partial charge < -0.3 is 0 Å². The average molecular weight is 348 g/mol. The molecule has 2 nitrogen and oxygen atoms in total. The van der Waals surface area contributed by atoms with Crippen molar-refractivity contribution in [2.75, 3.05) is 0 Å². The second-order valence-corrected chi connectivity index (χ2v) is 3.70. The minimum absolute atomic E-state index is 0.459. The van der Waals surface area contributed by atoms with E-state index in [2.05, 4.69) is 4.98 Å². The van der Waals surface area contributed by atoms with Crippen molar-refractivity contribution in [1.82, 2.24) is 4.98 Å². The Labute approximate surface area is 100 Å². The van der Waals surface area contributed by atoms with Crippen molar-refractivity contribution in [1.29, 1.82) is 5.26 Å². The fourth-order valence-corrected chi connectivity index (χ4v) is 1.59. The maximum Gasteiger partial charge on any atom is 0.434 e. The number of pyridine rings is 1. The summed E-state index contributed by atoms with van der Waals surface area (Å²) >= 11 is 1.27. The molecule has 0 spiro atoms. The van der Waals surface area contributed by atoms with Crippen molar-refractivity contribution in [3.05, 3.63) is 26.6 Å². The fraction of sp³-hybridized carbons (Fsp3) is 0.250. The highest BCUT2D eigenvalue weighted by Crippen LogP contribution is 2.33. The third-order valence-electron chi connectivity index (χ3n) is 1.63. The third-order valence-corrected chi connectivity index (χ3v) is 2.49. The van der Waals surface area contributed by atoms with Crippen molar-refractivity contribution in [3.63, 3.8) is 0 Å². The quantitative estimate of drug-likeness (QED) is 0.443. The molecule has 0 amide bonds. The molecule has 0 N–H and O–H groups in total. The van der Waals surface area contributed by atoms with Crippen molar-refractivity contribution in [2.24, 2.45) is 0 Å². The van der Waals surface area contributed by atoms with E-state index in [-0.39, 0.29) is 0 Å². The molecule has 0 aliphatic rings. The summed E-state index contributed by atoms with van der Waals surface area (Å²) in [6, 6.07) is 1.72. The molecule has 1 aromatic heterocycles. The van der Waals surface area contributed by atoms with Crippen LogP contribution in [0.5, 0.6) is 0 Å². The lowest BCUT2D eigenvalue weighted by atomic mass is 10.1. The third kappa shape index (κ3) is 2.58. The van der Waals surface area contributed by atoms with E-state index in [4.69, 9.17) is 5.26 Å². The zero-order chi connectivity index (χ0) is 12.5. The van der Waals surface area contributed by atoms with Crippen molar-refractivity contribution in [3.8, 4) is 6.07 Å². The number of rotatable bonds is 1. The van der Waals surface area contributed by atoms with Gasteiger partial charge in [-0.05, 0) is 28.7 Å². The van der Waals surface area contributed by atoms with Gasteiger partial charge in [-0.15, -0.1) is 0 Å². The van der Waals surface area contributed by atoms with Gasteiger partial charge in [0, 0.05) is 0 Å². The van der Waals surface area contributed by atoms with Crippen molar-refractivity contribution >= 4 is 22.6 Å². The Hall–Kier alpha value is -0.980. The zero-order valence-corrected chi connectivity index (χ0v) is 9.47. The van der Waals surface area contributed by atoms with Crippen LogP contribution in [0, 0.1) is 15.0 Å².